The zero-order valence-corrected chi connectivity index (χ0v) is 13.0. The second kappa shape index (κ2) is 6.32. The maximum atomic E-state index is 3.59. The molecule has 1 aromatic heterocycles. The maximum absolute atomic E-state index is 3.59. The summed E-state index contributed by atoms with van der Waals surface area (Å²) in [4.78, 5) is 4.02. The number of nitrogens with one attached hydrogen (secondary N) is 1. The van der Waals surface area contributed by atoms with Crippen LogP contribution in [0, 0.1) is 0 Å². The first-order valence-corrected chi connectivity index (χ1v) is 7.98. The molecule has 0 aromatic carbocycles. The van der Waals surface area contributed by atoms with E-state index in [1.54, 1.807) is 0 Å². The predicted octanol–water partition coefficient (Wildman–Crippen LogP) is 3.47. The Bertz CT molecular complexity index is 345. The van der Waals surface area contributed by atoms with E-state index in [2.05, 4.69) is 52.1 Å². The molecule has 2 heterocycles. The summed E-state index contributed by atoms with van der Waals surface area (Å²) < 4.78 is 1.23. The molecule has 0 aliphatic carbocycles. The van der Waals surface area contributed by atoms with Crippen LogP contribution < -0.4 is 5.32 Å². The summed E-state index contributed by atoms with van der Waals surface area (Å²) in [6, 6.07) is 5.68. The largest absolute Gasteiger partial charge is 0.313 e. The lowest BCUT2D eigenvalue weighted by molar-refractivity contribution is 0.196. The van der Waals surface area contributed by atoms with Crippen LogP contribution >= 0.6 is 27.3 Å². The highest BCUT2D eigenvalue weighted by molar-refractivity contribution is 9.11. The molecule has 1 saturated heterocycles. The SMILES string of the molecule is CC(C)N(Cc1ccc(Br)s1)CC1CCCN1. The number of rotatable bonds is 5. The van der Waals surface area contributed by atoms with Crippen molar-refractivity contribution in [2.75, 3.05) is 13.1 Å². The Balaban J connectivity index is 1.92. The third-order valence-corrected chi connectivity index (χ3v) is 4.94. The molecule has 0 spiro atoms. The number of hydrogen-bond acceptors (Lipinski definition) is 3. The van der Waals surface area contributed by atoms with Crippen molar-refractivity contribution in [3.63, 3.8) is 0 Å². The van der Waals surface area contributed by atoms with Gasteiger partial charge in [-0.3, -0.25) is 4.90 Å². The van der Waals surface area contributed by atoms with Gasteiger partial charge in [-0.1, -0.05) is 0 Å². The molecule has 2 rings (SSSR count). The minimum atomic E-state index is 0.610. The summed E-state index contributed by atoms with van der Waals surface area (Å²) in [7, 11) is 0. The molecule has 0 bridgehead atoms. The first kappa shape index (κ1) is 13.5. The monoisotopic (exact) mass is 316 g/mol. The first-order chi connectivity index (χ1) is 8.15. The van der Waals surface area contributed by atoms with Crippen LogP contribution in [0.5, 0.6) is 0 Å². The van der Waals surface area contributed by atoms with Crippen LogP contribution in [0.3, 0.4) is 0 Å². The van der Waals surface area contributed by atoms with Gasteiger partial charge >= 0.3 is 0 Å². The van der Waals surface area contributed by atoms with Crippen LogP contribution in [0.4, 0.5) is 0 Å². The smallest absolute Gasteiger partial charge is 0.0701 e. The van der Waals surface area contributed by atoms with Gasteiger partial charge in [0, 0.05) is 30.1 Å². The van der Waals surface area contributed by atoms with Crippen molar-refractivity contribution in [2.45, 2.75) is 45.3 Å². The first-order valence-electron chi connectivity index (χ1n) is 6.37. The van der Waals surface area contributed by atoms with Gasteiger partial charge in [0.15, 0.2) is 0 Å². The number of halogens is 1. The van der Waals surface area contributed by atoms with E-state index in [0.717, 1.165) is 6.54 Å². The van der Waals surface area contributed by atoms with Gasteiger partial charge in [-0.25, -0.2) is 0 Å². The molecule has 4 heteroatoms. The Hall–Kier alpha value is 0.1000. The molecule has 1 N–H and O–H groups in total. The molecule has 0 amide bonds. The quantitative estimate of drug-likeness (QED) is 0.894. The van der Waals surface area contributed by atoms with Gasteiger partial charge in [0.1, 0.15) is 0 Å². The lowest BCUT2D eigenvalue weighted by atomic mass is 10.2. The minimum Gasteiger partial charge on any atom is -0.313 e. The Morgan fingerprint density at radius 1 is 1.53 bits per heavy atom. The van der Waals surface area contributed by atoms with Crippen LogP contribution in [0.2, 0.25) is 0 Å². The fourth-order valence-corrected chi connectivity index (χ4v) is 3.80. The number of hydrogen-bond donors (Lipinski definition) is 1. The molecule has 1 atom stereocenters. The second-order valence-corrected chi connectivity index (χ2v) is 7.57. The standard InChI is InChI=1S/C13H21BrN2S/c1-10(2)16(8-11-4-3-7-15-11)9-12-5-6-13(14)17-12/h5-6,10-11,15H,3-4,7-9H2,1-2H3. The van der Waals surface area contributed by atoms with E-state index in [4.69, 9.17) is 0 Å². The van der Waals surface area contributed by atoms with Crippen molar-refractivity contribution < 1.29 is 0 Å². The summed E-state index contributed by atoms with van der Waals surface area (Å²) in [5.41, 5.74) is 0. The highest BCUT2D eigenvalue weighted by Crippen LogP contribution is 2.24. The molecule has 17 heavy (non-hydrogen) atoms. The van der Waals surface area contributed by atoms with Crippen molar-refractivity contribution in [2.24, 2.45) is 0 Å². The third-order valence-electron chi connectivity index (χ3n) is 3.34. The van der Waals surface area contributed by atoms with E-state index in [9.17, 15) is 0 Å². The Morgan fingerprint density at radius 2 is 2.35 bits per heavy atom. The van der Waals surface area contributed by atoms with Crippen molar-refractivity contribution >= 4 is 27.3 Å². The Morgan fingerprint density at radius 3 is 2.88 bits per heavy atom. The summed E-state index contributed by atoms with van der Waals surface area (Å²) in [6.45, 7) is 8.02. The highest BCUT2D eigenvalue weighted by Gasteiger charge is 2.20. The summed E-state index contributed by atoms with van der Waals surface area (Å²) in [5.74, 6) is 0. The molecular formula is C13H21BrN2S. The molecule has 1 fully saturated rings. The molecule has 2 nitrogen and oxygen atoms in total. The van der Waals surface area contributed by atoms with Crippen molar-refractivity contribution in [3.05, 3.63) is 20.8 Å². The lowest BCUT2D eigenvalue weighted by Crippen LogP contribution is -2.40. The molecular weight excluding hydrogens is 296 g/mol. The number of thiophene rings is 1. The zero-order chi connectivity index (χ0) is 12.3. The normalized spacial score (nSPS) is 20.6. The van der Waals surface area contributed by atoms with Crippen LogP contribution in [0.1, 0.15) is 31.6 Å². The van der Waals surface area contributed by atoms with Crippen LogP contribution in [-0.2, 0) is 6.54 Å². The zero-order valence-electron chi connectivity index (χ0n) is 10.6. The van der Waals surface area contributed by atoms with E-state index in [1.165, 1.54) is 34.6 Å². The molecule has 0 radical (unpaired) electrons. The summed E-state index contributed by atoms with van der Waals surface area (Å²) >= 11 is 5.38. The van der Waals surface area contributed by atoms with E-state index in [0.29, 0.717) is 12.1 Å². The van der Waals surface area contributed by atoms with Crippen LogP contribution in [-0.4, -0.2) is 30.1 Å². The van der Waals surface area contributed by atoms with Crippen LogP contribution in [0.15, 0.2) is 15.9 Å². The molecule has 1 aliphatic heterocycles. The third kappa shape index (κ3) is 4.05. The van der Waals surface area contributed by atoms with Crippen molar-refractivity contribution in [1.29, 1.82) is 0 Å². The van der Waals surface area contributed by atoms with E-state index in [1.807, 2.05) is 11.3 Å². The molecule has 1 aromatic rings. The van der Waals surface area contributed by atoms with E-state index >= 15 is 0 Å². The Labute approximate surface area is 117 Å². The summed E-state index contributed by atoms with van der Waals surface area (Å²) in [6.07, 6.45) is 2.67. The fourth-order valence-electron chi connectivity index (χ4n) is 2.29. The predicted molar refractivity (Wildman–Crippen MR) is 78.6 cm³/mol. The van der Waals surface area contributed by atoms with Gasteiger partial charge < -0.3 is 5.32 Å². The van der Waals surface area contributed by atoms with Crippen molar-refractivity contribution in [1.82, 2.24) is 10.2 Å². The second-order valence-electron chi connectivity index (χ2n) is 5.02. The van der Waals surface area contributed by atoms with Gasteiger partial charge in [-0.05, 0) is 61.3 Å². The molecule has 1 unspecified atom stereocenters. The van der Waals surface area contributed by atoms with Gasteiger partial charge in [0.2, 0.25) is 0 Å². The minimum absolute atomic E-state index is 0.610. The average Bonchev–Trinajstić information content (AvgIpc) is 2.89. The highest BCUT2D eigenvalue weighted by atomic mass is 79.9. The van der Waals surface area contributed by atoms with E-state index in [-0.39, 0.29) is 0 Å². The molecule has 1 aliphatic rings. The van der Waals surface area contributed by atoms with Gasteiger partial charge in [-0.15, -0.1) is 11.3 Å². The van der Waals surface area contributed by atoms with Crippen molar-refractivity contribution in [3.8, 4) is 0 Å². The Kier molecular flexibility index (Phi) is 5.03. The fraction of sp³-hybridized carbons (Fsp3) is 0.692. The lowest BCUT2D eigenvalue weighted by Gasteiger charge is -2.28. The topological polar surface area (TPSA) is 15.3 Å². The van der Waals surface area contributed by atoms with Gasteiger partial charge in [0.05, 0.1) is 3.79 Å². The van der Waals surface area contributed by atoms with Crippen LogP contribution in [0.25, 0.3) is 0 Å². The maximum Gasteiger partial charge on any atom is 0.0701 e. The average molecular weight is 317 g/mol. The van der Waals surface area contributed by atoms with E-state index < -0.39 is 0 Å². The number of nitrogens with zero attached hydrogens (tertiary/aromatic N) is 1. The molecule has 0 saturated carbocycles. The van der Waals surface area contributed by atoms with Gasteiger partial charge in [0.25, 0.3) is 0 Å². The molecule has 96 valence electrons. The van der Waals surface area contributed by atoms with Gasteiger partial charge in [-0.2, -0.15) is 0 Å². The summed E-state index contributed by atoms with van der Waals surface area (Å²) in [5, 5.41) is 3.59.